The zero-order valence-corrected chi connectivity index (χ0v) is 13.9. The van der Waals surface area contributed by atoms with E-state index in [2.05, 4.69) is 54.2 Å². The van der Waals surface area contributed by atoms with E-state index in [1.54, 1.807) is 0 Å². The first-order valence-electron chi connectivity index (χ1n) is 7.69. The molecule has 1 heterocycles. The van der Waals surface area contributed by atoms with Crippen LogP contribution in [0.15, 0.2) is 43.2 Å². The normalized spacial score (nSPS) is 16.6. The van der Waals surface area contributed by atoms with Crippen molar-refractivity contribution in [2.75, 3.05) is 25.5 Å². The predicted molar refractivity (Wildman–Crippen MR) is 91.6 cm³/mol. The largest absolute Gasteiger partial charge is 0.496 e. The van der Waals surface area contributed by atoms with Gasteiger partial charge in [-0.25, -0.2) is 0 Å². The van der Waals surface area contributed by atoms with Crippen molar-refractivity contribution in [2.24, 2.45) is 0 Å². The number of rotatable bonds is 3. The van der Waals surface area contributed by atoms with Gasteiger partial charge in [0, 0.05) is 11.7 Å². The van der Waals surface area contributed by atoms with Crippen LogP contribution in [0, 0.1) is 0 Å². The van der Waals surface area contributed by atoms with Crippen molar-refractivity contribution < 1.29 is 4.74 Å². The molecule has 0 bridgehead atoms. The molecule has 0 aliphatic carbocycles. The Bertz CT molecular complexity index is 389. The number of para-hydroxylation sites is 1. The van der Waals surface area contributed by atoms with Crippen molar-refractivity contribution in [3.63, 3.8) is 0 Å². The van der Waals surface area contributed by atoms with Crippen LogP contribution in [0.4, 0.5) is 5.69 Å². The number of nitrogens with one attached hydrogen (secondary N) is 1. The molecule has 1 aliphatic heterocycles. The first kappa shape index (κ1) is 17.6. The van der Waals surface area contributed by atoms with E-state index in [1.165, 1.54) is 37.9 Å². The molecule has 0 saturated carbocycles. The Morgan fingerprint density at radius 2 is 1.76 bits per heavy atom. The van der Waals surface area contributed by atoms with E-state index in [0.29, 0.717) is 6.04 Å². The predicted octanol–water partition coefficient (Wildman–Crippen LogP) is 4.14. The highest BCUT2D eigenvalue weighted by Gasteiger charge is 2.15. The Balaban J connectivity index is 0.000000270. The fraction of sp³-hybridized carbons (Fsp3) is 0.556. The molecule has 0 atom stereocenters. The van der Waals surface area contributed by atoms with Gasteiger partial charge in [-0.2, -0.15) is 0 Å². The summed E-state index contributed by atoms with van der Waals surface area (Å²) in [4.78, 5) is 2.39. The lowest BCUT2D eigenvalue weighted by molar-refractivity contribution is 0.0775. The standard InChI is InChI=1S/C12H18N2.C6H12O/c1-14-9-7-12(8-10-14)13-11-5-3-2-4-6-11;1-5-7-6(2,3)4/h2-6,12-13H,7-10H2,1H3;5H,1H2,2-4H3. The van der Waals surface area contributed by atoms with Gasteiger partial charge in [0.1, 0.15) is 0 Å². The summed E-state index contributed by atoms with van der Waals surface area (Å²) in [6.07, 6.45) is 3.97. The Kier molecular flexibility index (Phi) is 7.30. The van der Waals surface area contributed by atoms with E-state index in [4.69, 9.17) is 4.74 Å². The molecule has 1 N–H and O–H groups in total. The molecule has 1 saturated heterocycles. The molecule has 21 heavy (non-hydrogen) atoms. The average molecular weight is 290 g/mol. The number of hydrogen-bond donors (Lipinski definition) is 1. The number of hydrogen-bond acceptors (Lipinski definition) is 3. The Morgan fingerprint density at radius 3 is 2.19 bits per heavy atom. The van der Waals surface area contributed by atoms with E-state index in [0.717, 1.165) is 0 Å². The zero-order valence-electron chi connectivity index (χ0n) is 13.9. The van der Waals surface area contributed by atoms with E-state index >= 15 is 0 Å². The van der Waals surface area contributed by atoms with E-state index < -0.39 is 0 Å². The minimum absolute atomic E-state index is 0.0677. The lowest BCUT2D eigenvalue weighted by Gasteiger charge is -2.30. The molecule has 1 aromatic carbocycles. The topological polar surface area (TPSA) is 24.5 Å². The fourth-order valence-electron chi connectivity index (χ4n) is 2.17. The highest BCUT2D eigenvalue weighted by atomic mass is 16.5. The molecule has 1 aliphatic rings. The van der Waals surface area contributed by atoms with Gasteiger partial charge in [-0.15, -0.1) is 0 Å². The molecule has 0 unspecified atom stereocenters. The highest BCUT2D eigenvalue weighted by molar-refractivity contribution is 5.43. The van der Waals surface area contributed by atoms with E-state index in [1.807, 2.05) is 20.8 Å². The average Bonchev–Trinajstić information content (AvgIpc) is 2.42. The summed E-state index contributed by atoms with van der Waals surface area (Å²) in [7, 11) is 2.19. The lowest BCUT2D eigenvalue weighted by Crippen LogP contribution is -2.36. The monoisotopic (exact) mass is 290 g/mol. The van der Waals surface area contributed by atoms with Crippen LogP contribution in [0.2, 0.25) is 0 Å². The van der Waals surface area contributed by atoms with Gasteiger partial charge in [0.25, 0.3) is 0 Å². The maximum Gasteiger partial charge on any atom is 0.0997 e. The summed E-state index contributed by atoms with van der Waals surface area (Å²) in [6.45, 7) is 11.8. The molecule has 0 amide bonds. The molecule has 118 valence electrons. The number of nitrogens with zero attached hydrogens (tertiary/aromatic N) is 1. The van der Waals surface area contributed by atoms with Gasteiger partial charge in [-0.05, 0) is 65.9 Å². The molecular formula is C18H30N2O. The Labute approximate surface area is 130 Å². The number of anilines is 1. The van der Waals surface area contributed by atoms with Crippen LogP contribution >= 0.6 is 0 Å². The van der Waals surface area contributed by atoms with Gasteiger partial charge in [0.15, 0.2) is 0 Å². The van der Waals surface area contributed by atoms with Gasteiger partial charge in [-0.3, -0.25) is 0 Å². The van der Waals surface area contributed by atoms with E-state index in [9.17, 15) is 0 Å². The summed E-state index contributed by atoms with van der Waals surface area (Å²) < 4.78 is 4.99. The third kappa shape index (κ3) is 8.41. The van der Waals surface area contributed by atoms with Crippen LogP contribution in [-0.2, 0) is 4.74 Å². The lowest BCUT2D eigenvalue weighted by atomic mass is 10.1. The fourth-order valence-corrected chi connectivity index (χ4v) is 2.17. The van der Waals surface area contributed by atoms with Crippen LogP contribution in [0.5, 0.6) is 0 Å². The molecule has 1 fully saturated rings. The van der Waals surface area contributed by atoms with Gasteiger partial charge in [0.05, 0.1) is 11.9 Å². The van der Waals surface area contributed by atoms with Crippen molar-refractivity contribution in [2.45, 2.75) is 45.3 Å². The minimum Gasteiger partial charge on any atom is -0.496 e. The zero-order chi connectivity index (χ0) is 15.7. The maximum atomic E-state index is 4.99. The summed E-state index contributed by atoms with van der Waals surface area (Å²) in [5.41, 5.74) is 1.18. The van der Waals surface area contributed by atoms with Gasteiger partial charge >= 0.3 is 0 Å². The second-order valence-corrected chi connectivity index (χ2v) is 6.48. The summed E-state index contributed by atoms with van der Waals surface area (Å²) in [5, 5.41) is 3.57. The Morgan fingerprint density at radius 1 is 1.19 bits per heavy atom. The van der Waals surface area contributed by atoms with Crippen LogP contribution in [-0.4, -0.2) is 36.7 Å². The summed E-state index contributed by atoms with van der Waals surface area (Å²) >= 11 is 0. The van der Waals surface area contributed by atoms with Crippen molar-refractivity contribution in [1.82, 2.24) is 4.90 Å². The first-order valence-corrected chi connectivity index (χ1v) is 7.69. The number of likely N-dealkylation sites (tertiary alicyclic amines) is 1. The van der Waals surface area contributed by atoms with E-state index in [-0.39, 0.29) is 5.60 Å². The maximum absolute atomic E-state index is 4.99. The molecule has 0 spiro atoms. The number of benzene rings is 1. The van der Waals surface area contributed by atoms with Crippen LogP contribution in [0.1, 0.15) is 33.6 Å². The van der Waals surface area contributed by atoms with Crippen LogP contribution in [0.25, 0.3) is 0 Å². The molecule has 0 aromatic heterocycles. The first-order chi connectivity index (χ1) is 9.90. The van der Waals surface area contributed by atoms with Crippen molar-refractivity contribution in [1.29, 1.82) is 0 Å². The van der Waals surface area contributed by atoms with Gasteiger partial charge < -0.3 is 15.0 Å². The van der Waals surface area contributed by atoms with Crippen molar-refractivity contribution in [3.8, 4) is 0 Å². The molecule has 3 heteroatoms. The van der Waals surface area contributed by atoms with Crippen molar-refractivity contribution >= 4 is 5.69 Å². The third-order valence-electron chi connectivity index (χ3n) is 3.30. The molecular weight excluding hydrogens is 260 g/mol. The van der Waals surface area contributed by atoms with Gasteiger partial charge in [-0.1, -0.05) is 24.8 Å². The summed E-state index contributed by atoms with van der Waals surface area (Å²) in [5.74, 6) is 0. The molecule has 1 aromatic rings. The molecule has 0 radical (unpaired) electrons. The molecule has 3 nitrogen and oxygen atoms in total. The third-order valence-corrected chi connectivity index (χ3v) is 3.30. The van der Waals surface area contributed by atoms with Gasteiger partial charge in [0.2, 0.25) is 0 Å². The second kappa shape index (κ2) is 8.73. The van der Waals surface area contributed by atoms with Crippen LogP contribution in [0.3, 0.4) is 0 Å². The Hall–Kier alpha value is -1.48. The number of ether oxygens (including phenoxy) is 1. The van der Waals surface area contributed by atoms with Crippen molar-refractivity contribution in [3.05, 3.63) is 43.2 Å². The minimum atomic E-state index is -0.0677. The smallest absolute Gasteiger partial charge is 0.0997 e. The quantitative estimate of drug-likeness (QED) is 0.847. The number of piperidine rings is 1. The highest BCUT2D eigenvalue weighted by Crippen LogP contribution is 2.15. The summed E-state index contributed by atoms with van der Waals surface area (Å²) in [6, 6.07) is 11.2. The molecule has 2 rings (SSSR count). The SMILES string of the molecule is C=COC(C)(C)C.CN1CCC(Nc2ccccc2)CC1. The van der Waals surface area contributed by atoms with Crippen LogP contribution < -0.4 is 5.32 Å². The second-order valence-electron chi connectivity index (χ2n) is 6.48.